The number of hydrogen-bond donors (Lipinski definition) is 0. The van der Waals surface area contributed by atoms with Crippen molar-refractivity contribution in [3.8, 4) is 17.2 Å². The second-order valence-electron chi connectivity index (χ2n) is 10.5. The molecule has 0 N–H and O–H groups in total. The molecule has 2 aromatic carbocycles. The zero-order chi connectivity index (χ0) is 25.5. The van der Waals surface area contributed by atoms with E-state index >= 15 is 4.39 Å². The van der Waals surface area contributed by atoms with E-state index in [0.717, 1.165) is 43.6 Å². The molecule has 6 heteroatoms. The van der Waals surface area contributed by atoms with Crippen molar-refractivity contribution in [3.63, 3.8) is 0 Å². The fourth-order valence-electron chi connectivity index (χ4n) is 6.26. The van der Waals surface area contributed by atoms with Crippen LogP contribution in [-0.2, 0) is 0 Å². The lowest BCUT2D eigenvalue weighted by Crippen LogP contribution is -2.26. The number of hydrogen-bond acceptors (Lipinski definition) is 2. The zero-order valence-corrected chi connectivity index (χ0v) is 21.1. The van der Waals surface area contributed by atoms with Gasteiger partial charge in [-0.05, 0) is 92.5 Å². The van der Waals surface area contributed by atoms with E-state index in [-0.39, 0.29) is 28.7 Å². The first-order valence-electron chi connectivity index (χ1n) is 13.6. The lowest BCUT2D eigenvalue weighted by molar-refractivity contribution is -0.0498. The molecule has 0 amide bonds. The molecule has 0 saturated heterocycles. The Labute approximate surface area is 212 Å². The van der Waals surface area contributed by atoms with Crippen LogP contribution >= 0.6 is 0 Å². The standard InChI is InChI=1S/C30H37F4O2/c1-2-3-4-5-20-6-8-21(9-7-20)22-10-12-23(13-11-22)28-26(31)18-19-27(29(28)32)35-24-14-16-25(17-15-24)36-30(33)34/h14-18,20-23,30H,2-13H2,1H3/t20-,21-,22?,23?. The Morgan fingerprint density at radius 3 is 2.08 bits per heavy atom. The topological polar surface area (TPSA) is 18.5 Å². The molecule has 1 radical (unpaired) electrons. The average Bonchev–Trinajstić information content (AvgIpc) is 2.88. The monoisotopic (exact) mass is 505 g/mol. The summed E-state index contributed by atoms with van der Waals surface area (Å²) in [5.74, 6) is 0.839. The number of alkyl halides is 2. The van der Waals surface area contributed by atoms with Crippen LogP contribution in [0.15, 0.2) is 30.3 Å². The lowest BCUT2D eigenvalue weighted by atomic mass is 9.68. The highest BCUT2D eigenvalue weighted by Crippen LogP contribution is 2.46. The summed E-state index contributed by atoms with van der Waals surface area (Å²) >= 11 is 0. The van der Waals surface area contributed by atoms with Gasteiger partial charge < -0.3 is 9.47 Å². The Morgan fingerprint density at radius 2 is 1.47 bits per heavy atom. The van der Waals surface area contributed by atoms with Gasteiger partial charge in [0.2, 0.25) is 0 Å². The van der Waals surface area contributed by atoms with E-state index < -0.39 is 18.2 Å². The molecule has 0 aliphatic heterocycles. The van der Waals surface area contributed by atoms with E-state index in [2.05, 4.69) is 17.7 Å². The Hall–Kier alpha value is -2.24. The second-order valence-corrected chi connectivity index (χ2v) is 10.5. The van der Waals surface area contributed by atoms with Crippen molar-refractivity contribution in [1.29, 1.82) is 0 Å². The third-order valence-corrected chi connectivity index (χ3v) is 8.25. The number of unbranched alkanes of at least 4 members (excludes halogenated alkanes) is 2. The first-order valence-corrected chi connectivity index (χ1v) is 13.6. The predicted molar refractivity (Wildman–Crippen MR) is 133 cm³/mol. The molecular weight excluding hydrogens is 468 g/mol. The van der Waals surface area contributed by atoms with Crippen molar-refractivity contribution in [2.45, 2.75) is 96.5 Å². The van der Waals surface area contributed by atoms with E-state index in [1.807, 2.05) is 0 Å². The summed E-state index contributed by atoms with van der Waals surface area (Å²) in [5.41, 5.74) is 0.0829. The van der Waals surface area contributed by atoms with Crippen LogP contribution in [0.4, 0.5) is 17.6 Å². The first-order chi connectivity index (χ1) is 17.4. The van der Waals surface area contributed by atoms with Crippen molar-refractivity contribution in [2.75, 3.05) is 0 Å². The normalized spacial score (nSPS) is 24.6. The highest BCUT2D eigenvalue weighted by Gasteiger charge is 2.33. The number of ether oxygens (including phenoxy) is 2. The minimum atomic E-state index is -2.93. The van der Waals surface area contributed by atoms with Crippen LogP contribution in [0.5, 0.6) is 17.2 Å². The van der Waals surface area contributed by atoms with E-state index in [4.69, 9.17) is 4.74 Å². The minimum absolute atomic E-state index is 0.0247. The van der Waals surface area contributed by atoms with Gasteiger partial charge in [-0.2, -0.15) is 8.78 Å². The van der Waals surface area contributed by atoms with Crippen LogP contribution in [0.1, 0.15) is 95.5 Å². The molecule has 2 aliphatic carbocycles. The molecule has 0 atom stereocenters. The van der Waals surface area contributed by atoms with Crippen LogP contribution in [-0.4, -0.2) is 6.61 Å². The summed E-state index contributed by atoms with van der Waals surface area (Å²) in [4.78, 5) is 0. The fraction of sp³-hybridized carbons (Fsp3) is 0.600. The van der Waals surface area contributed by atoms with Crippen molar-refractivity contribution in [3.05, 3.63) is 53.6 Å². The molecule has 2 fully saturated rings. The van der Waals surface area contributed by atoms with E-state index in [1.54, 1.807) is 0 Å². The first kappa shape index (κ1) is 26.8. The van der Waals surface area contributed by atoms with E-state index in [0.29, 0.717) is 5.92 Å². The SMILES string of the molecule is CCCCC[C@H]1CC[C@H](C2CCC(c3c(F)c[c]c(Oc4ccc(OC(F)F)cc4)c3F)CC2)CC1. The predicted octanol–water partition coefficient (Wildman–Crippen LogP) is 9.82. The number of benzene rings is 2. The Balaban J connectivity index is 1.33. The van der Waals surface area contributed by atoms with Crippen LogP contribution in [0.25, 0.3) is 0 Å². The number of halogens is 4. The van der Waals surface area contributed by atoms with Gasteiger partial charge in [-0.15, -0.1) is 0 Å². The quantitative estimate of drug-likeness (QED) is 0.236. The molecule has 0 spiro atoms. The molecule has 0 unspecified atom stereocenters. The van der Waals surface area contributed by atoms with Crippen LogP contribution in [0.3, 0.4) is 0 Å². The summed E-state index contributed by atoms with van der Waals surface area (Å²) in [6.07, 6.45) is 14.2. The van der Waals surface area contributed by atoms with Gasteiger partial charge in [0.1, 0.15) is 17.3 Å². The molecule has 2 aliphatic rings. The highest BCUT2D eigenvalue weighted by atomic mass is 19.3. The Bertz CT molecular complexity index is 946. The maximum atomic E-state index is 15.4. The maximum absolute atomic E-state index is 15.4. The van der Waals surface area contributed by atoms with Gasteiger partial charge in [-0.3, -0.25) is 0 Å². The summed E-state index contributed by atoms with van der Waals surface area (Å²) in [5, 5.41) is 0. The third kappa shape index (κ3) is 6.95. The van der Waals surface area contributed by atoms with E-state index in [1.165, 1.54) is 75.6 Å². The van der Waals surface area contributed by atoms with Crippen molar-refractivity contribution < 1.29 is 27.0 Å². The molecule has 2 nitrogen and oxygen atoms in total. The molecule has 0 aromatic heterocycles. The largest absolute Gasteiger partial charge is 0.454 e. The van der Waals surface area contributed by atoms with E-state index in [9.17, 15) is 13.2 Å². The number of rotatable bonds is 10. The Morgan fingerprint density at radius 1 is 0.861 bits per heavy atom. The van der Waals surface area contributed by atoms with Gasteiger partial charge in [0.15, 0.2) is 11.6 Å². The highest BCUT2D eigenvalue weighted by molar-refractivity contribution is 5.39. The molecule has 0 bridgehead atoms. The summed E-state index contributed by atoms with van der Waals surface area (Å²) in [6.45, 7) is -0.676. The molecule has 4 rings (SSSR count). The lowest BCUT2D eigenvalue weighted by Gasteiger charge is -2.38. The van der Waals surface area contributed by atoms with Gasteiger partial charge >= 0.3 is 6.61 Å². The summed E-state index contributed by atoms with van der Waals surface area (Å²) in [7, 11) is 0. The van der Waals surface area contributed by atoms with Gasteiger partial charge in [0.05, 0.1) is 0 Å². The van der Waals surface area contributed by atoms with Crippen molar-refractivity contribution >= 4 is 0 Å². The van der Waals surface area contributed by atoms with Crippen LogP contribution < -0.4 is 9.47 Å². The van der Waals surface area contributed by atoms with Crippen molar-refractivity contribution in [1.82, 2.24) is 0 Å². The zero-order valence-electron chi connectivity index (χ0n) is 21.1. The maximum Gasteiger partial charge on any atom is 0.387 e. The molecule has 197 valence electrons. The molecule has 2 aromatic rings. The van der Waals surface area contributed by atoms with Gasteiger partial charge in [-0.1, -0.05) is 45.4 Å². The molecule has 2 saturated carbocycles. The summed E-state index contributed by atoms with van der Waals surface area (Å²) < 4.78 is 64.7. The molecular formula is C30H37F4O2. The van der Waals surface area contributed by atoms with Crippen molar-refractivity contribution in [2.24, 2.45) is 17.8 Å². The van der Waals surface area contributed by atoms with Gasteiger partial charge in [0.25, 0.3) is 0 Å². The van der Waals surface area contributed by atoms with Gasteiger partial charge in [-0.25, -0.2) is 8.78 Å². The summed E-state index contributed by atoms with van der Waals surface area (Å²) in [6, 6.07) is 9.09. The Kier molecular flexibility index (Phi) is 9.55. The average molecular weight is 506 g/mol. The molecule has 0 heterocycles. The second kappa shape index (κ2) is 12.8. The fourth-order valence-corrected chi connectivity index (χ4v) is 6.26. The third-order valence-electron chi connectivity index (χ3n) is 8.25. The van der Waals surface area contributed by atoms with Crippen LogP contribution in [0, 0.1) is 35.5 Å². The minimum Gasteiger partial charge on any atom is -0.454 e. The van der Waals surface area contributed by atoms with Crippen LogP contribution in [0.2, 0.25) is 0 Å². The van der Waals surface area contributed by atoms with Gasteiger partial charge in [0, 0.05) is 11.6 Å². The smallest absolute Gasteiger partial charge is 0.387 e. The molecule has 36 heavy (non-hydrogen) atoms.